The van der Waals surface area contributed by atoms with E-state index in [1.54, 1.807) is 0 Å². The summed E-state index contributed by atoms with van der Waals surface area (Å²) in [6.45, 7) is 0. The van der Waals surface area contributed by atoms with Crippen molar-refractivity contribution in [3.8, 4) is 34.0 Å². The molecule has 0 saturated heterocycles. The van der Waals surface area contributed by atoms with Crippen LogP contribution in [-0.2, 0) is 0 Å². The average molecular weight is 876 g/mol. The van der Waals surface area contributed by atoms with Crippen LogP contribution in [0.5, 0.6) is 0 Å². The number of rotatable bonds is 4. The SMILES string of the molecule is c1ccc(-n2c3ccccc3c3cc(-c4nc(-n5c6ccccc6c6cc(-c7cc8c9ccccc9n9c%10ccccc%10c(c7)c89)ccc65)nc5c6ccccc6c6ccccc6c45)ccc32)cc1. The van der Waals surface area contributed by atoms with E-state index in [1.165, 1.54) is 76.3 Å². The van der Waals surface area contributed by atoms with Gasteiger partial charge in [0.2, 0.25) is 5.95 Å². The van der Waals surface area contributed by atoms with Gasteiger partial charge in [0.1, 0.15) is 0 Å². The summed E-state index contributed by atoms with van der Waals surface area (Å²) >= 11 is 0. The Morgan fingerprint density at radius 2 is 0.710 bits per heavy atom. The standard InChI is InChI=1S/C64H37N5/c1-2-16-41(17-3-1)67-54-26-12-8-20-44(54)51-35-39(31-33-58(51)67)61-60-48-24-6-4-18-42(48)43-19-5-7-25-49(43)62(60)66-64(65-61)69-57-29-15-9-21-45(57)50-34-38(30-32-59(50)69)40-36-52-46-22-10-13-27-55(46)68-56-28-14-11-23-47(56)53(37-40)63(52)68/h1-37H. The third-order valence-electron chi connectivity index (χ3n) is 14.9. The van der Waals surface area contributed by atoms with E-state index in [4.69, 9.17) is 9.97 Å². The Balaban J connectivity index is 0.973. The van der Waals surface area contributed by atoms with Crippen molar-refractivity contribution in [3.63, 3.8) is 0 Å². The Morgan fingerprint density at radius 1 is 0.275 bits per heavy atom. The molecular formula is C64H37N5. The molecule has 0 aliphatic heterocycles. The van der Waals surface area contributed by atoms with Gasteiger partial charge in [-0.2, -0.15) is 0 Å². The van der Waals surface area contributed by atoms with Crippen LogP contribution in [0.4, 0.5) is 0 Å². The van der Waals surface area contributed by atoms with E-state index in [-0.39, 0.29) is 0 Å². The van der Waals surface area contributed by atoms with Gasteiger partial charge in [-0.1, -0.05) is 152 Å². The topological polar surface area (TPSA) is 40.0 Å². The summed E-state index contributed by atoms with van der Waals surface area (Å²) in [6.07, 6.45) is 0. The number of hydrogen-bond acceptors (Lipinski definition) is 2. The molecule has 5 aromatic heterocycles. The molecule has 0 saturated carbocycles. The highest BCUT2D eigenvalue weighted by atomic mass is 15.2. The number of para-hydroxylation sites is 5. The minimum atomic E-state index is 0.641. The second-order valence-corrected chi connectivity index (χ2v) is 18.5. The summed E-state index contributed by atoms with van der Waals surface area (Å²) in [5.74, 6) is 0.641. The fourth-order valence-electron chi connectivity index (χ4n) is 12.0. The van der Waals surface area contributed by atoms with Crippen molar-refractivity contribution in [2.24, 2.45) is 0 Å². The zero-order chi connectivity index (χ0) is 44.9. The van der Waals surface area contributed by atoms with Gasteiger partial charge in [-0.15, -0.1) is 0 Å². The van der Waals surface area contributed by atoms with Gasteiger partial charge in [-0.3, -0.25) is 4.57 Å². The Hall–Kier alpha value is -9.32. The summed E-state index contributed by atoms with van der Waals surface area (Å²) in [5.41, 5.74) is 14.6. The molecule has 318 valence electrons. The molecule has 0 bridgehead atoms. The Kier molecular flexibility index (Phi) is 7.28. The van der Waals surface area contributed by atoms with Gasteiger partial charge in [0.05, 0.1) is 49.8 Å². The van der Waals surface area contributed by atoms with Gasteiger partial charge in [-0.05, 0) is 100 Å². The van der Waals surface area contributed by atoms with Crippen LogP contribution in [0.1, 0.15) is 0 Å². The zero-order valence-electron chi connectivity index (χ0n) is 37.1. The summed E-state index contributed by atoms with van der Waals surface area (Å²) in [7, 11) is 0. The largest absolute Gasteiger partial charge is 0.309 e. The monoisotopic (exact) mass is 875 g/mol. The molecule has 0 spiro atoms. The first-order valence-corrected chi connectivity index (χ1v) is 23.7. The maximum Gasteiger partial charge on any atom is 0.235 e. The van der Waals surface area contributed by atoms with Gasteiger partial charge in [-0.25, -0.2) is 9.97 Å². The summed E-state index contributed by atoms with van der Waals surface area (Å²) < 4.78 is 7.10. The molecule has 5 heterocycles. The molecule has 11 aromatic carbocycles. The van der Waals surface area contributed by atoms with Crippen LogP contribution in [0.15, 0.2) is 224 Å². The summed E-state index contributed by atoms with van der Waals surface area (Å²) in [4.78, 5) is 11.4. The minimum absolute atomic E-state index is 0.641. The van der Waals surface area contributed by atoms with Crippen molar-refractivity contribution in [1.82, 2.24) is 23.5 Å². The van der Waals surface area contributed by atoms with Crippen LogP contribution in [0.2, 0.25) is 0 Å². The predicted molar refractivity (Wildman–Crippen MR) is 289 cm³/mol. The minimum Gasteiger partial charge on any atom is -0.309 e. The number of fused-ring (bicyclic) bond motifs is 18. The Morgan fingerprint density at radius 3 is 1.35 bits per heavy atom. The molecular weight excluding hydrogens is 839 g/mol. The first-order chi connectivity index (χ1) is 34.2. The molecule has 16 rings (SSSR count). The smallest absolute Gasteiger partial charge is 0.235 e. The molecule has 5 nitrogen and oxygen atoms in total. The second-order valence-electron chi connectivity index (χ2n) is 18.5. The van der Waals surface area contributed by atoms with E-state index < -0.39 is 0 Å². The number of nitrogens with zero attached hydrogens (tertiary/aromatic N) is 5. The lowest BCUT2D eigenvalue weighted by molar-refractivity contribution is 1.02. The van der Waals surface area contributed by atoms with Crippen molar-refractivity contribution in [1.29, 1.82) is 0 Å². The van der Waals surface area contributed by atoms with Gasteiger partial charge in [0.25, 0.3) is 0 Å². The lowest BCUT2D eigenvalue weighted by Gasteiger charge is -2.16. The lowest BCUT2D eigenvalue weighted by atomic mass is 9.94. The van der Waals surface area contributed by atoms with Crippen LogP contribution in [0.3, 0.4) is 0 Å². The van der Waals surface area contributed by atoms with E-state index in [0.717, 1.165) is 65.9 Å². The highest BCUT2D eigenvalue weighted by molar-refractivity contribution is 6.28. The molecule has 0 amide bonds. The highest BCUT2D eigenvalue weighted by Crippen LogP contribution is 2.45. The van der Waals surface area contributed by atoms with Gasteiger partial charge < -0.3 is 8.97 Å². The maximum absolute atomic E-state index is 5.75. The molecule has 0 fully saturated rings. The van der Waals surface area contributed by atoms with E-state index in [9.17, 15) is 0 Å². The van der Waals surface area contributed by atoms with Crippen molar-refractivity contribution in [2.75, 3.05) is 0 Å². The van der Waals surface area contributed by atoms with Crippen molar-refractivity contribution in [3.05, 3.63) is 224 Å². The molecule has 0 aliphatic carbocycles. The van der Waals surface area contributed by atoms with Crippen LogP contribution in [-0.4, -0.2) is 23.5 Å². The van der Waals surface area contributed by atoms with Crippen LogP contribution in [0, 0.1) is 0 Å². The van der Waals surface area contributed by atoms with Gasteiger partial charge >= 0.3 is 0 Å². The van der Waals surface area contributed by atoms with E-state index in [1.807, 2.05) is 0 Å². The van der Waals surface area contributed by atoms with Crippen molar-refractivity contribution in [2.45, 2.75) is 0 Å². The van der Waals surface area contributed by atoms with E-state index in [0.29, 0.717) is 5.95 Å². The van der Waals surface area contributed by atoms with Crippen molar-refractivity contribution < 1.29 is 0 Å². The third-order valence-corrected chi connectivity index (χ3v) is 14.9. The third kappa shape index (κ3) is 4.97. The maximum atomic E-state index is 5.75. The van der Waals surface area contributed by atoms with Crippen LogP contribution >= 0.6 is 0 Å². The Labute approximate surface area is 394 Å². The fraction of sp³-hybridized carbons (Fsp3) is 0. The molecule has 0 atom stereocenters. The van der Waals surface area contributed by atoms with Crippen molar-refractivity contribution >= 4 is 114 Å². The van der Waals surface area contributed by atoms with E-state index >= 15 is 0 Å². The molecule has 0 radical (unpaired) electrons. The molecule has 0 aliphatic rings. The van der Waals surface area contributed by atoms with Crippen LogP contribution < -0.4 is 0 Å². The quantitative estimate of drug-likeness (QED) is 0.165. The van der Waals surface area contributed by atoms with Gasteiger partial charge in [0, 0.05) is 65.1 Å². The first kappa shape index (κ1) is 36.8. The summed E-state index contributed by atoms with van der Waals surface area (Å²) in [5, 5.41) is 15.4. The average Bonchev–Trinajstić information content (AvgIpc) is 4.15. The molecule has 16 aromatic rings. The number of aromatic nitrogens is 5. The Bertz CT molecular complexity index is 4760. The van der Waals surface area contributed by atoms with Crippen LogP contribution in [0.25, 0.3) is 148 Å². The predicted octanol–water partition coefficient (Wildman–Crippen LogP) is 16.6. The first-order valence-electron chi connectivity index (χ1n) is 23.7. The molecule has 0 unspecified atom stereocenters. The normalized spacial score (nSPS) is 12.3. The molecule has 69 heavy (non-hydrogen) atoms. The van der Waals surface area contributed by atoms with E-state index in [2.05, 4.69) is 238 Å². The fourth-order valence-corrected chi connectivity index (χ4v) is 12.0. The number of benzene rings is 11. The highest BCUT2D eigenvalue weighted by Gasteiger charge is 2.24. The zero-order valence-corrected chi connectivity index (χ0v) is 37.1. The summed E-state index contributed by atoms with van der Waals surface area (Å²) in [6, 6.07) is 81.8. The number of hydrogen-bond donors (Lipinski definition) is 0. The molecule has 0 N–H and O–H groups in total. The second kappa shape index (κ2) is 13.6. The van der Waals surface area contributed by atoms with Gasteiger partial charge in [0.15, 0.2) is 0 Å². The lowest BCUT2D eigenvalue weighted by Crippen LogP contribution is -2.04. The molecule has 5 heteroatoms.